The summed E-state index contributed by atoms with van der Waals surface area (Å²) in [5.74, 6) is 0. The number of nitrogens with zero attached hydrogens (tertiary/aromatic N) is 1. The number of rotatable bonds is 6. The number of hydroxylamine groups is 3. The molecule has 0 radical (unpaired) electrons. The van der Waals surface area contributed by atoms with E-state index in [-0.39, 0.29) is 0 Å². The lowest BCUT2D eigenvalue weighted by molar-refractivity contribution is -1.10. The van der Waals surface area contributed by atoms with Crippen molar-refractivity contribution in [3.05, 3.63) is 12.7 Å². The fraction of sp³-hybridized carbons (Fsp3) is 0.778. The average molecular weight is 158 g/mol. The Kier molecular flexibility index (Phi) is 5.16. The first-order chi connectivity index (χ1) is 5.24. The molecule has 0 saturated heterocycles. The van der Waals surface area contributed by atoms with E-state index in [2.05, 4.69) is 20.4 Å². The second kappa shape index (κ2) is 5.33. The van der Waals surface area contributed by atoms with E-state index in [4.69, 9.17) is 4.84 Å². The lowest BCUT2D eigenvalue weighted by atomic mass is 10.4. The van der Waals surface area contributed by atoms with Crippen molar-refractivity contribution in [3.8, 4) is 0 Å². The van der Waals surface area contributed by atoms with Gasteiger partial charge in [-0.3, -0.25) is 0 Å². The normalized spacial score (nSPS) is 11.5. The minimum atomic E-state index is 0.708. The molecule has 2 nitrogen and oxygen atoms in total. The van der Waals surface area contributed by atoms with E-state index in [9.17, 15) is 0 Å². The Bertz CT molecular complexity index is 108. The molecule has 0 aromatic rings. The third kappa shape index (κ3) is 3.04. The van der Waals surface area contributed by atoms with Crippen molar-refractivity contribution in [1.82, 2.24) is 0 Å². The van der Waals surface area contributed by atoms with Gasteiger partial charge in [0, 0.05) is 0 Å². The summed E-state index contributed by atoms with van der Waals surface area (Å²) in [7, 11) is 0. The van der Waals surface area contributed by atoms with Gasteiger partial charge in [-0.1, -0.05) is 6.58 Å². The molecule has 11 heavy (non-hydrogen) atoms. The molecule has 2 heteroatoms. The third-order valence-corrected chi connectivity index (χ3v) is 2.02. The minimum Gasteiger partial charge on any atom is -0.203 e. The highest BCUT2D eigenvalue weighted by atomic mass is 16.7. The molecule has 0 bridgehead atoms. The monoisotopic (exact) mass is 158 g/mol. The van der Waals surface area contributed by atoms with Gasteiger partial charge in [0.15, 0.2) is 0 Å². The Morgan fingerprint density at radius 2 is 1.82 bits per heavy atom. The van der Waals surface area contributed by atoms with Crippen LogP contribution in [0.3, 0.4) is 0 Å². The summed E-state index contributed by atoms with van der Waals surface area (Å²) in [6.07, 6.45) is 1.92. The first-order valence-corrected chi connectivity index (χ1v) is 4.36. The van der Waals surface area contributed by atoms with Crippen molar-refractivity contribution >= 4 is 0 Å². The van der Waals surface area contributed by atoms with Gasteiger partial charge in [0.05, 0.1) is 0 Å². The minimum absolute atomic E-state index is 0.708. The van der Waals surface area contributed by atoms with Crippen LogP contribution in [-0.4, -0.2) is 30.9 Å². The van der Waals surface area contributed by atoms with Gasteiger partial charge in [0.25, 0.3) is 0 Å². The molecule has 0 aliphatic heterocycles. The summed E-state index contributed by atoms with van der Waals surface area (Å²) in [4.78, 5) is 5.63. The SMILES string of the molecule is C=CC[N+](CC)(CC)OCC. The predicted molar refractivity (Wildman–Crippen MR) is 48.0 cm³/mol. The predicted octanol–water partition coefficient (Wildman–Crippen LogP) is 1.98. The molecule has 0 aliphatic carbocycles. The zero-order valence-electron chi connectivity index (χ0n) is 7.97. The molecule has 0 heterocycles. The van der Waals surface area contributed by atoms with Crippen LogP contribution in [0, 0.1) is 0 Å². The Morgan fingerprint density at radius 3 is 2.09 bits per heavy atom. The van der Waals surface area contributed by atoms with Gasteiger partial charge in [-0.25, -0.2) is 4.84 Å². The molecule has 0 aromatic carbocycles. The van der Waals surface area contributed by atoms with Crippen molar-refractivity contribution in [1.29, 1.82) is 0 Å². The maximum absolute atomic E-state index is 5.63. The van der Waals surface area contributed by atoms with E-state index in [1.54, 1.807) is 0 Å². The summed E-state index contributed by atoms with van der Waals surface area (Å²) in [5.41, 5.74) is 0. The smallest absolute Gasteiger partial charge is 0.127 e. The number of hydrogen-bond acceptors (Lipinski definition) is 1. The number of quaternary nitrogens is 1. The molecule has 0 aromatic heterocycles. The third-order valence-electron chi connectivity index (χ3n) is 2.02. The average Bonchev–Trinajstić information content (AvgIpc) is 2.04. The summed E-state index contributed by atoms with van der Waals surface area (Å²) < 4.78 is 0.708. The van der Waals surface area contributed by atoms with Crippen LogP contribution in [0.25, 0.3) is 0 Å². The summed E-state index contributed by atoms with van der Waals surface area (Å²) in [6.45, 7) is 13.7. The molecule has 0 N–H and O–H groups in total. The van der Waals surface area contributed by atoms with Crippen molar-refractivity contribution in [2.24, 2.45) is 0 Å². The maximum atomic E-state index is 5.63. The Labute approximate surface area is 70.0 Å². The first-order valence-electron chi connectivity index (χ1n) is 4.36. The van der Waals surface area contributed by atoms with Crippen molar-refractivity contribution in [2.45, 2.75) is 20.8 Å². The topological polar surface area (TPSA) is 9.23 Å². The molecule has 0 amide bonds. The van der Waals surface area contributed by atoms with Gasteiger partial charge in [-0.2, -0.15) is 4.65 Å². The lowest BCUT2D eigenvalue weighted by Gasteiger charge is -2.31. The summed E-state index contributed by atoms with van der Waals surface area (Å²) >= 11 is 0. The Morgan fingerprint density at radius 1 is 1.27 bits per heavy atom. The van der Waals surface area contributed by atoms with Gasteiger partial charge in [-0.05, 0) is 26.8 Å². The Hall–Kier alpha value is -0.340. The van der Waals surface area contributed by atoms with Gasteiger partial charge in [0.1, 0.15) is 26.2 Å². The number of hydrogen-bond donors (Lipinski definition) is 0. The van der Waals surface area contributed by atoms with Crippen molar-refractivity contribution in [2.75, 3.05) is 26.2 Å². The summed E-state index contributed by atoms with van der Waals surface area (Å²) in [6, 6.07) is 0. The highest BCUT2D eigenvalue weighted by molar-refractivity contribution is 4.63. The molecule has 0 spiro atoms. The van der Waals surface area contributed by atoms with Crippen LogP contribution in [0.15, 0.2) is 12.7 Å². The van der Waals surface area contributed by atoms with Crippen LogP contribution in [0.1, 0.15) is 20.8 Å². The van der Waals surface area contributed by atoms with Crippen molar-refractivity contribution in [3.63, 3.8) is 0 Å². The number of likely N-dealkylation sites (N-methyl/N-ethyl adjacent to an activating group) is 1. The van der Waals surface area contributed by atoms with Crippen LogP contribution in [0.5, 0.6) is 0 Å². The molecule has 0 aliphatic rings. The van der Waals surface area contributed by atoms with Crippen LogP contribution in [0.4, 0.5) is 0 Å². The van der Waals surface area contributed by atoms with Crippen LogP contribution in [-0.2, 0) is 4.84 Å². The first kappa shape index (κ1) is 10.7. The second-order valence-electron chi connectivity index (χ2n) is 2.58. The van der Waals surface area contributed by atoms with Gasteiger partial charge in [0.2, 0.25) is 0 Å². The molecular weight excluding hydrogens is 138 g/mol. The molecule has 66 valence electrons. The van der Waals surface area contributed by atoms with Gasteiger partial charge < -0.3 is 0 Å². The largest absolute Gasteiger partial charge is 0.203 e. The lowest BCUT2D eigenvalue weighted by Crippen LogP contribution is -2.47. The van der Waals surface area contributed by atoms with Gasteiger partial charge in [-0.15, -0.1) is 0 Å². The Balaban J connectivity index is 4.06. The maximum Gasteiger partial charge on any atom is 0.127 e. The zero-order valence-corrected chi connectivity index (χ0v) is 7.97. The quantitative estimate of drug-likeness (QED) is 0.326. The molecule has 0 atom stereocenters. The standard InChI is InChI=1S/C9H20NO/c1-5-9-10(6-2,7-3)11-8-4/h5H,1,6-9H2,2-4H3/q+1. The highest BCUT2D eigenvalue weighted by Crippen LogP contribution is 2.06. The van der Waals surface area contributed by atoms with E-state index >= 15 is 0 Å². The van der Waals surface area contributed by atoms with Crippen LogP contribution >= 0.6 is 0 Å². The van der Waals surface area contributed by atoms with Crippen LogP contribution < -0.4 is 0 Å². The second-order valence-corrected chi connectivity index (χ2v) is 2.58. The molecule has 0 unspecified atom stereocenters. The zero-order chi connectivity index (χ0) is 8.74. The van der Waals surface area contributed by atoms with Gasteiger partial charge >= 0.3 is 0 Å². The highest BCUT2D eigenvalue weighted by Gasteiger charge is 2.22. The fourth-order valence-corrected chi connectivity index (χ4v) is 1.23. The molecule has 0 fully saturated rings. The van der Waals surface area contributed by atoms with E-state index in [0.29, 0.717) is 4.65 Å². The van der Waals surface area contributed by atoms with E-state index in [1.807, 2.05) is 13.0 Å². The van der Waals surface area contributed by atoms with E-state index in [1.165, 1.54) is 0 Å². The van der Waals surface area contributed by atoms with E-state index in [0.717, 1.165) is 26.2 Å². The molecule has 0 saturated carbocycles. The fourth-order valence-electron chi connectivity index (χ4n) is 1.23. The summed E-state index contributed by atoms with van der Waals surface area (Å²) in [5, 5.41) is 0. The molecular formula is C9H20NO+. The van der Waals surface area contributed by atoms with E-state index < -0.39 is 0 Å². The van der Waals surface area contributed by atoms with Crippen LogP contribution in [0.2, 0.25) is 0 Å². The molecule has 0 rings (SSSR count). The van der Waals surface area contributed by atoms with Crippen molar-refractivity contribution < 1.29 is 9.48 Å².